The van der Waals surface area contributed by atoms with Gasteiger partial charge in [-0.25, -0.2) is 0 Å². The van der Waals surface area contributed by atoms with Crippen molar-refractivity contribution in [2.45, 2.75) is 50.2 Å². The van der Waals surface area contributed by atoms with Crippen LogP contribution in [-0.2, 0) is 28.3 Å². The van der Waals surface area contributed by atoms with E-state index >= 15 is 0 Å². The van der Waals surface area contributed by atoms with Crippen molar-refractivity contribution in [3.05, 3.63) is 76.3 Å². The van der Waals surface area contributed by atoms with Gasteiger partial charge in [0.15, 0.2) is 0 Å². The molecule has 3 N–H and O–H groups in total. The van der Waals surface area contributed by atoms with Crippen LogP contribution in [0.1, 0.15) is 28.5 Å². The molecule has 0 unspecified atom stereocenters. The number of rotatable bonds is 3. The van der Waals surface area contributed by atoms with Crippen LogP contribution in [0.25, 0.3) is 10.6 Å². The summed E-state index contributed by atoms with van der Waals surface area (Å²) in [4.78, 5) is 6.71. The number of hydrogen-bond acceptors (Lipinski definition) is 7. The predicted molar refractivity (Wildman–Crippen MR) is 112 cm³/mol. The molecule has 0 aliphatic carbocycles. The van der Waals surface area contributed by atoms with E-state index in [1.54, 1.807) is 24.5 Å². The minimum Gasteiger partial charge on any atom is -0.388 e. The first kappa shape index (κ1) is 19.8. The Hall–Kier alpha value is -2.13. The summed E-state index contributed by atoms with van der Waals surface area (Å²) >= 11 is 1.70. The number of benzene rings is 1. The maximum atomic E-state index is 10.7. The first-order chi connectivity index (χ1) is 14.5. The Morgan fingerprint density at radius 3 is 2.77 bits per heavy atom. The molecule has 6 nitrogen and oxygen atoms in total. The Bertz CT molecular complexity index is 1050. The molecule has 5 atom stereocenters. The number of pyridine rings is 1. The van der Waals surface area contributed by atoms with Crippen molar-refractivity contribution in [1.82, 2.24) is 4.98 Å². The fourth-order valence-corrected chi connectivity index (χ4v) is 5.23. The van der Waals surface area contributed by atoms with Crippen molar-refractivity contribution in [2.24, 2.45) is 0 Å². The quantitative estimate of drug-likeness (QED) is 0.598. The van der Waals surface area contributed by atoms with E-state index < -0.39 is 30.2 Å². The molecule has 1 spiro atoms. The summed E-state index contributed by atoms with van der Waals surface area (Å²) in [5, 5.41) is 31.1. The summed E-state index contributed by atoms with van der Waals surface area (Å²) in [6, 6.07) is 16.0. The number of nitrogens with zero attached hydrogens (tertiary/aromatic N) is 1. The lowest BCUT2D eigenvalue weighted by molar-refractivity contribution is -0.362. The molecule has 0 saturated carbocycles. The average Bonchev–Trinajstić information content (AvgIpc) is 3.37. The summed E-state index contributed by atoms with van der Waals surface area (Å²) in [5.74, 6) is -1.46. The van der Waals surface area contributed by atoms with Gasteiger partial charge in [-0.15, -0.1) is 11.3 Å². The lowest BCUT2D eigenvalue weighted by Gasteiger charge is -2.45. The van der Waals surface area contributed by atoms with Crippen LogP contribution in [0.15, 0.2) is 54.7 Å². The van der Waals surface area contributed by atoms with Crippen molar-refractivity contribution in [2.75, 3.05) is 0 Å². The monoisotopic (exact) mass is 425 g/mol. The molecule has 7 heteroatoms. The Kier molecular flexibility index (Phi) is 4.97. The zero-order valence-corrected chi connectivity index (χ0v) is 17.2. The van der Waals surface area contributed by atoms with E-state index in [1.807, 2.05) is 36.4 Å². The van der Waals surface area contributed by atoms with Gasteiger partial charge in [0.2, 0.25) is 5.79 Å². The molecule has 2 aromatic heterocycles. The van der Waals surface area contributed by atoms with E-state index in [-0.39, 0.29) is 6.61 Å². The number of aliphatic hydroxyl groups is 3. The fraction of sp³-hybridized carbons (Fsp3) is 0.348. The zero-order valence-electron chi connectivity index (χ0n) is 16.4. The Balaban J connectivity index is 1.44. The second kappa shape index (κ2) is 7.53. The highest BCUT2D eigenvalue weighted by Crippen LogP contribution is 2.46. The van der Waals surface area contributed by atoms with Crippen LogP contribution in [0.5, 0.6) is 0 Å². The maximum Gasteiger partial charge on any atom is 0.225 e. The SMILES string of the molecule is C[C@H]1O[C@]2(OCc3ccc(Cc4ccc(-c5ccccn5)s4)cc32)[C@H](O)[C@@H](O)[C@@H]1O. The Labute approximate surface area is 178 Å². The van der Waals surface area contributed by atoms with Gasteiger partial charge in [-0.05, 0) is 48.4 Å². The van der Waals surface area contributed by atoms with Crippen LogP contribution in [0, 0.1) is 0 Å². The number of aromatic nitrogens is 1. The van der Waals surface area contributed by atoms with Gasteiger partial charge in [-0.1, -0.05) is 18.2 Å². The molecule has 1 aromatic carbocycles. The summed E-state index contributed by atoms with van der Waals surface area (Å²) < 4.78 is 11.8. The van der Waals surface area contributed by atoms with Gasteiger partial charge < -0.3 is 24.8 Å². The molecule has 30 heavy (non-hydrogen) atoms. The van der Waals surface area contributed by atoms with Crippen LogP contribution < -0.4 is 0 Å². The van der Waals surface area contributed by atoms with Gasteiger partial charge in [0.1, 0.15) is 18.3 Å². The summed E-state index contributed by atoms with van der Waals surface area (Å²) in [7, 11) is 0. The molecule has 1 saturated heterocycles. The minimum atomic E-state index is -1.46. The second-order valence-electron chi connectivity index (χ2n) is 7.85. The van der Waals surface area contributed by atoms with E-state index in [0.717, 1.165) is 28.1 Å². The molecule has 1 fully saturated rings. The fourth-order valence-electron chi connectivity index (χ4n) is 4.21. The van der Waals surface area contributed by atoms with Crippen LogP contribution in [-0.4, -0.2) is 44.7 Å². The average molecular weight is 426 g/mol. The Morgan fingerprint density at radius 2 is 1.97 bits per heavy atom. The molecular formula is C23H23NO5S. The standard InChI is InChI=1S/C23H23NO5S/c1-13-20(25)21(26)22(27)23(29-13)17-11-14(5-6-15(17)12-28-23)10-16-7-8-19(30-16)18-4-2-3-9-24-18/h2-9,11,13,20-22,25-27H,10,12H2,1H3/t13-,20-,21+,22-,23+/m1/s1. The van der Waals surface area contributed by atoms with Gasteiger partial charge in [0.05, 0.1) is 23.3 Å². The summed E-state index contributed by atoms with van der Waals surface area (Å²) in [6.07, 6.45) is -2.05. The van der Waals surface area contributed by atoms with Gasteiger partial charge in [-0.3, -0.25) is 4.98 Å². The van der Waals surface area contributed by atoms with Crippen molar-refractivity contribution < 1.29 is 24.8 Å². The van der Waals surface area contributed by atoms with Gasteiger partial charge >= 0.3 is 0 Å². The smallest absolute Gasteiger partial charge is 0.225 e. The van der Waals surface area contributed by atoms with E-state index in [1.165, 1.54) is 4.88 Å². The highest BCUT2D eigenvalue weighted by Gasteiger charge is 2.57. The first-order valence-electron chi connectivity index (χ1n) is 9.96. The highest BCUT2D eigenvalue weighted by atomic mass is 32.1. The van der Waals surface area contributed by atoms with Gasteiger partial charge in [-0.2, -0.15) is 0 Å². The third-order valence-corrected chi connectivity index (χ3v) is 6.96. The van der Waals surface area contributed by atoms with Crippen LogP contribution in [0.4, 0.5) is 0 Å². The molecule has 4 heterocycles. The van der Waals surface area contributed by atoms with Crippen molar-refractivity contribution in [3.63, 3.8) is 0 Å². The molecule has 2 aliphatic rings. The minimum absolute atomic E-state index is 0.283. The zero-order chi connectivity index (χ0) is 20.9. The van der Waals surface area contributed by atoms with E-state index in [0.29, 0.717) is 5.56 Å². The molecule has 156 valence electrons. The Morgan fingerprint density at radius 1 is 1.10 bits per heavy atom. The number of thiophene rings is 1. The van der Waals surface area contributed by atoms with Crippen molar-refractivity contribution >= 4 is 11.3 Å². The maximum absolute atomic E-state index is 10.7. The number of hydrogen-bond donors (Lipinski definition) is 3. The topological polar surface area (TPSA) is 92.0 Å². The van der Waals surface area contributed by atoms with Crippen molar-refractivity contribution in [3.8, 4) is 10.6 Å². The van der Waals surface area contributed by atoms with Gasteiger partial charge in [0, 0.05) is 23.1 Å². The number of aliphatic hydroxyl groups excluding tert-OH is 3. The van der Waals surface area contributed by atoms with E-state index in [4.69, 9.17) is 9.47 Å². The first-order valence-corrected chi connectivity index (χ1v) is 10.8. The number of fused-ring (bicyclic) bond motifs is 2. The molecule has 2 aliphatic heterocycles. The predicted octanol–water partition coefficient (Wildman–Crippen LogP) is 2.59. The van der Waals surface area contributed by atoms with Gasteiger partial charge in [0.25, 0.3) is 0 Å². The van der Waals surface area contributed by atoms with Crippen LogP contribution in [0.3, 0.4) is 0 Å². The second-order valence-corrected chi connectivity index (χ2v) is 9.02. The largest absolute Gasteiger partial charge is 0.388 e. The van der Waals surface area contributed by atoms with Crippen LogP contribution >= 0.6 is 11.3 Å². The van der Waals surface area contributed by atoms with Crippen molar-refractivity contribution in [1.29, 1.82) is 0 Å². The highest BCUT2D eigenvalue weighted by molar-refractivity contribution is 7.15. The van der Waals surface area contributed by atoms with Crippen LogP contribution in [0.2, 0.25) is 0 Å². The third-order valence-electron chi connectivity index (χ3n) is 5.85. The van der Waals surface area contributed by atoms with E-state index in [2.05, 4.69) is 17.1 Å². The molecule has 3 aromatic rings. The molecule has 0 amide bonds. The van der Waals surface area contributed by atoms with E-state index in [9.17, 15) is 15.3 Å². The molecule has 0 radical (unpaired) electrons. The molecular weight excluding hydrogens is 402 g/mol. The normalized spacial score (nSPS) is 30.5. The lowest BCUT2D eigenvalue weighted by Crippen LogP contribution is -2.62. The molecule has 0 bridgehead atoms. The third kappa shape index (κ3) is 3.19. The lowest BCUT2D eigenvalue weighted by atomic mass is 9.87. The molecule has 5 rings (SSSR count). The summed E-state index contributed by atoms with van der Waals surface area (Å²) in [5.41, 5.74) is 3.63. The summed E-state index contributed by atoms with van der Waals surface area (Å²) in [6.45, 7) is 1.95. The number of ether oxygens (including phenoxy) is 2.